The number of hydrogen-bond acceptors (Lipinski definition) is 2. The summed E-state index contributed by atoms with van der Waals surface area (Å²) in [5.41, 5.74) is 2.20. The van der Waals surface area contributed by atoms with Gasteiger partial charge in [-0.2, -0.15) is 0 Å². The zero-order valence-electron chi connectivity index (χ0n) is 9.78. The maximum atomic E-state index is 9.13. The van der Waals surface area contributed by atoms with Crippen LogP contribution in [0.5, 0.6) is 0 Å². The van der Waals surface area contributed by atoms with E-state index < -0.39 is 0 Å². The number of hydrogen-bond donors (Lipinski definition) is 1. The monoisotopic (exact) mass is 283 g/mol. The second kappa shape index (κ2) is 4.76. The lowest BCUT2D eigenvalue weighted by atomic mass is 10.1. The summed E-state index contributed by atoms with van der Waals surface area (Å²) < 4.78 is 0.999. The van der Waals surface area contributed by atoms with E-state index in [1.165, 1.54) is 12.1 Å². The molecule has 1 heterocycles. The van der Waals surface area contributed by atoms with Crippen LogP contribution in [0.3, 0.4) is 0 Å². The molecule has 0 saturated carbocycles. The van der Waals surface area contributed by atoms with Gasteiger partial charge >= 0.3 is 0 Å². The lowest BCUT2D eigenvalue weighted by Gasteiger charge is -2.24. The van der Waals surface area contributed by atoms with Crippen molar-refractivity contribution in [1.82, 2.24) is 0 Å². The van der Waals surface area contributed by atoms with Crippen LogP contribution in [0.15, 0.2) is 22.7 Å². The molecule has 1 aliphatic heterocycles. The van der Waals surface area contributed by atoms with Gasteiger partial charge < -0.3 is 10.0 Å². The van der Waals surface area contributed by atoms with Crippen LogP contribution in [0.25, 0.3) is 0 Å². The Morgan fingerprint density at radius 1 is 1.44 bits per heavy atom. The first kappa shape index (κ1) is 11.9. The molecule has 1 N–H and O–H groups in total. The van der Waals surface area contributed by atoms with Crippen molar-refractivity contribution in [2.24, 2.45) is 5.92 Å². The smallest absolute Gasteiger partial charge is 0.0692 e. The molecule has 1 saturated heterocycles. The van der Waals surface area contributed by atoms with Gasteiger partial charge in [-0.05, 0) is 37.0 Å². The van der Waals surface area contributed by atoms with Gasteiger partial charge in [-0.25, -0.2) is 0 Å². The Labute approximate surface area is 105 Å². The van der Waals surface area contributed by atoms with Gasteiger partial charge in [0.25, 0.3) is 0 Å². The third kappa shape index (κ3) is 2.25. The Hall–Kier alpha value is -0.540. The summed E-state index contributed by atoms with van der Waals surface area (Å²) in [6, 6.07) is 6.82. The molecule has 1 fully saturated rings. The van der Waals surface area contributed by atoms with E-state index in [-0.39, 0.29) is 6.61 Å². The number of nitrogens with zero attached hydrogens (tertiary/aromatic N) is 1. The maximum absolute atomic E-state index is 9.13. The highest BCUT2D eigenvalue weighted by Gasteiger charge is 2.26. The van der Waals surface area contributed by atoms with Gasteiger partial charge in [0, 0.05) is 22.7 Å². The highest BCUT2D eigenvalue weighted by Crippen LogP contribution is 2.31. The third-order valence-corrected chi connectivity index (χ3v) is 4.06. The van der Waals surface area contributed by atoms with E-state index >= 15 is 0 Å². The molecule has 88 valence electrons. The molecule has 0 bridgehead atoms. The van der Waals surface area contributed by atoms with Crippen molar-refractivity contribution >= 4 is 21.6 Å². The molecule has 0 aromatic heterocycles. The predicted molar refractivity (Wildman–Crippen MR) is 70.7 cm³/mol. The SMILES string of the molecule is CC1CC(C)N(c2ccc(CO)c(Br)c2)C1. The predicted octanol–water partition coefficient (Wildman–Crippen LogP) is 3.18. The molecule has 0 amide bonds. The summed E-state index contributed by atoms with van der Waals surface area (Å²) in [6.07, 6.45) is 1.26. The van der Waals surface area contributed by atoms with Crippen molar-refractivity contribution in [1.29, 1.82) is 0 Å². The van der Waals surface area contributed by atoms with Crippen molar-refractivity contribution in [2.45, 2.75) is 32.9 Å². The van der Waals surface area contributed by atoms with E-state index in [1.807, 2.05) is 6.07 Å². The summed E-state index contributed by atoms with van der Waals surface area (Å²) in [5.74, 6) is 0.770. The van der Waals surface area contributed by atoms with Crippen molar-refractivity contribution in [2.75, 3.05) is 11.4 Å². The average molecular weight is 284 g/mol. The van der Waals surface area contributed by atoms with Crippen LogP contribution in [-0.2, 0) is 6.61 Å². The second-order valence-electron chi connectivity index (χ2n) is 4.78. The van der Waals surface area contributed by atoms with Crippen LogP contribution in [0.4, 0.5) is 5.69 Å². The van der Waals surface area contributed by atoms with Crippen LogP contribution >= 0.6 is 15.9 Å². The molecular weight excluding hydrogens is 266 g/mol. The van der Waals surface area contributed by atoms with Gasteiger partial charge in [-0.1, -0.05) is 28.9 Å². The lowest BCUT2D eigenvalue weighted by Crippen LogP contribution is -2.26. The molecule has 1 aromatic carbocycles. The van der Waals surface area contributed by atoms with Gasteiger partial charge in [0.2, 0.25) is 0 Å². The van der Waals surface area contributed by atoms with Crippen molar-refractivity contribution in [3.63, 3.8) is 0 Å². The molecule has 0 aliphatic carbocycles. The van der Waals surface area contributed by atoms with Crippen LogP contribution in [0, 0.1) is 5.92 Å². The molecule has 1 aromatic rings. The van der Waals surface area contributed by atoms with Crippen LogP contribution in [0.2, 0.25) is 0 Å². The van der Waals surface area contributed by atoms with Crippen molar-refractivity contribution in [3.05, 3.63) is 28.2 Å². The van der Waals surface area contributed by atoms with E-state index in [0.717, 1.165) is 22.5 Å². The lowest BCUT2D eigenvalue weighted by molar-refractivity contribution is 0.281. The molecule has 16 heavy (non-hydrogen) atoms. The summed E-state index contributed by atoms with van der Waals surface area (Å²) >= 11 is 3.50. The molecule has 3 heteroatoms. The van der Waals surface area contributed by atoms with Gasteiger partial charge in [0.15, 0.2) is 0 Å². The molecule has 2 rings (SSSR count). The first-order valence-electron chi connectivity index (χ1n) is 5.77. The van der Waals surface area contributed by atoms with Crippen LogP contribution in [-0.4, -0.2) is 17.7 Å². The second-order valence-corrected chi connectivity index (χ2v) is 5.63. The van der Waals surface area contributed by atoms with Crippen LogP contribution in [0.1, 0.15) is 25.8 Å². The van der Waals surface area contributed by atoms with E-state index in [1.54, 1.807) is 0 Å². The minimum Gasteiger partial charge on any atom is -0.392 e. The fraction of sp³-hybridized carbons (Fsp3) is 0.538. The Morgan fingerprint density at radius 2 is 2.19 bits per heavy atom. The average Bonchev–Trinajstić information content (AvgIpc) is 2.58. The number of halogens is 1. The third-order valence-electron chi connectivity index (χ3n) is 3.32. The maximum Gasteiger partial charge on any atom is 0.0692 e. The summed E-state index contributed by atoms with van der Waals surface area (Å²) in [7, 11) is 0. The summed E-state index contributed by atoms with van der Waals surface area (Å²) in [4.78, 5) is 2.44. The Morgan fingerprint density at radius 3 is 2.69 bits per heavy atom. The first-order chi connectivity index (χ1) is 7.61. The Balaban J connectivity index is 2.24. The molecule has 2 atom stereocenters. The molecular formula is C13H18BrNO. The van der Waals surface area contributed by atoms with Crippen molar-refractivity contribution < 1.29 is 5.11 Å². The van der Waals surface area contributed by atoms with Gasteiger partial charge in [-0.3, -0.25) is 0 Å². The highest BCUT2D eigenvalue weighted by molar-refractivity contribution is 9.10. The zero-order valence-corrected chi connectivity index (χ0v) is 11.4. The standard InChI is InChI=1S/C13H18BrNO/c1-9-5-10(2)15(7-9)12-4-3-11(8-16)13(14)6-12/h3-4,6,9-10,16H,5,7-8H2,1-2H3. The Bertz CT molecular complexity index is 380. The highest BCUT2D eigenvalue weighted by atomic mass is 79.9. The zero-order chi connectivity index (χ0) is 11.7. The molecule has 2 nitrogen and oxygen atoms in total. The Kier molecular flexibility index (Phi) is 3.55. The molecule has 0 spiro atoms. The van der Waals surface area contributed by atoms with E-state index in [9.17, 15) is 0 Å². The minimum absolute atomic E-state index is 0.0901. The van der Waals surface area contributed by atoms with Gasteiger partial charge in [-0.15, -0.1) is 0 Å². The largest absolute Gasteiger partial charge is 0.392 e. The number of aliphatic hydroxyl groups excluding tert-OH is 1. The fourth-order valence-corrected chi connectivity index (χ4v) is 2.99. The number of aliphatic hydroxyl groups is 1. The van der Waals surface area contributed by atoms with E-state index in [0.29, 0.717) is 6.04 Å². The topological polar surface area (TPSA) is 23.5 Å². The summed E-state index contributed by atoms with van der Waals surface area (Å²) in [5, 5.41) is 9.13. The first-order valence-corrected chi connectivity index (χ1v) is 6.57. The molecule has 0 radical (unpaired) electrons. The van der Waals surface area contributed by atoms with Crippen molar-refractivity contribution in [3.8, 4) is 0 Å². The number of benzene rings is 1. The fourth-order valence-electron chi connectivity index (χ4n) is 2.50. The van der Waals surface area contributed by atoms with Crippen LogP contribution < -0.4 is 4.90 Å². The molecule has 2 unspecified atom stereocenters. The minimum atomic E-state index is 0.0901. The quantitative estimate of drug-likeness (QED) is 0.901. The van der Waals surface area contributed by atoms with E-state index in [4.69, 9.17) is 5.11 Å². The van der Waals surface area contributed by atoms with Gasteiger partial charge in [0.1, 0.15) is 0 Å². The number of rotatable bonds is 2. The van der Waals surface area contributed by atoms with Gasteiger partial charge in [0.05, 0.1) is 6.61 Å². The normalized spacial score (nSPS) is 25.1. The molecule has 1 aliphatic rings. The van der Waals surface area contributed by atoms with E-state index in [2.05, 4.69) is 46.8 Å². The number of anilines is 1. The summed E-state index contributed by atoms with van der Waals surface area (Å²) in [6.45, 7) is 5.80.